The maximum absolute atomic E-state index is 11.9. The molecule has 126 valence electrons. The molecule has 0 aromatic heterocycles. The number of nitrogens with one attached hydrogen (secondary N) is 1. The number of nitrogens with zero attached hydrogens (tertiary/aromatic N) is 1. The Morgan fingerprint density at radius 1 is 1.23 bits per heavy atom. The molecule has 5 heteroatoms. The van der Waals surface area contributed by atoms with Crippen LogP contribution in [-0.4, -0.2) is 44.0 Å². The number of hydrogen-bond acceptors (Lipinski definition) is 3. The number of quaternary nitrogens is 1. The topological polar surface area (TPSA) is 69.2 Å². The average molecular weight is 310 g/mol. The molecular formula is C17H30N2O3. The highest BCUT2D eigenvalue weighted by atomic mass is 16.4. The molecule has 0 bridgehead atoms. The fraction of sp³-hybridized carbons (Fsp3) is 0.765. The third-order valence-electron chi connectivity index (χ3n) is 4.19. The van der Waals surface area contributed by atoms with Gasteiger partial charge in [0.2, 0.25) is 5.91 Å². The van der Waals surface area contributed by atoms with E-state index in [-0.39, 0.29) is 22.9 Å². The number of carbonyl (C=O) groups is 2. The van der Waals surface area contributed by atoms with Crippen LogP contribution in [0.1, 0.15) is 46.0 Å². The van der Waals surface area contributed by atoms with Crippen molar-refractivity contribution in [3.63, 3.8) is 0 Å². The van der Waals surface area contributed by atoms with Gasteiger partial charge in [0.1, 0.15) is 0 Å². The first-order valence-electron chi connectivity index (χ1n) is 8.06. The largest absolute Gasteiger partial charge is 0.543 e. The molecule has 0 radical (unpaired) electrons. The SMILES string of the molecule is CC1(C)C[C@@H]1C(=O)N/C(=C\CCCCC[N+](C)(C)C)C(=O)[O-]. The van der Waals surface area contributed by atoms with Gasteiger partial charge >= 0.3 is 0 Å². The predicted octanol–water partition coefficient (Wildman–Crippen LogP) is 1.05. The van der Waals surface area contributed by atoms with Crippen LogP contribution in [0.2, 0.25) is 0 Å². The van der Waals surface area contributed by atoms with E-state index >= 15 is 0 Å². The molecule has 1 aliphatic carbocycles. The summed E-state index contributed by atoms with van der Waals surface area (Å²) >= 11 is 0. The van der Waals surface area contributed by atoms with Crippen molar-refractivity contribution in [2.24, 2.45) is 11.3 Å². The second kappa shape index (κ2) is 7.27. The number of carboxylic acids is 1. The number of rotatable bonds is 9. The van der Waals surface area contributed by atoms with Crippen molar-refractivity contribution in [2.45, 2.75) is 46.0 Å². The van der Waals surface area contributed by atoms with Crippen LogP contribution in [-0.2, 0) is 9.59 Å². The van der Waals surface area contributed by atoms with Gasteiger partial charge in [-0.3, -0.25) is 4.79 Å². The van der Waals surface area contributed by atoms with Crippen molar-refractivity contribution < 1.29 is 19.2 Å². The number of hydrogen-bond donors (Lipinski definition) is 1. The van der Waals surface area contributed by atoms with Crippen LogP contribution in [0.5, 0.6) is 0 Å². The second-order valence-electron chi connectivity index (χ2n) is 8.00. The Balaban J connectivity index is 2.34. The summed E-state index contributed by atoms with van der Waals surface area (Å²) in [6.45, 7) is 5.12. The Hall–Kier alpha value is -1.36. The summed E-state index contributed by atoms with van der Waals surface area (Å²) in [6.07, 6.45) is 6.12. The van der Waals surface area contributed by atoms with Crippen molar-refractivity contribution in [2.75, 3.05) is 27.7 Å². The molecule has 0 aromatic rings. The lowest BCUT2D eigenvalue weighted by atomic mass is 10.1. The smallest absolute Gasteiger partial charge is 0.228 e. The van der Waals surface area contributed by atoms with Crippen LogP contribution >= 0.6 is 0 Å². The molecule has 1 aliphatic rings. The summed E-state index contributed by atoms with van der Waals surface area (Å²) < 4.78 is 0.938. The minimum absolute atomic E-state index is 0.00761. The lowest BCUT2D eigenvalue weighted by molar-refractivity contribution is -0.870. The van der Waals surface area contributed by atoms with Crippen molar-refractivity contribution in [1.29, 1.82) is 0 Å². The Bertz CT molecular complexity index is 447. The first kappa shape index (κ1) is 18.7. The van der Waals surface area contributed by atoms with Crippen molar-refractivity contribution in [3.8, 4) is 0 Å². The molecule has 22 heavy (non-hydrogen) atoms. The maximum atomic E-state index is 11.9. The highest BCUT2D eigenvalue weighted by Crippen LogP contribution is 2.51. The number of amides is 1. The Morgan fingerprint density at radius 2 is 1.82 bits per heavy atom. The molecule has 0 unspecified atom stereocenters. The number of carbonyl (C=O) groups excluding carboxylic acids is 2. The lowest BCUT2D eigenvalue weighted by Gasteiger charge is -2.23. The van der Waals surface area contributed by atoms with Crippen LogP contribution in [0.25, 0.3) is 0 Å². The number of carboxylic acid groups (broad SMARTS) is 1. The molecule has 5 nitrogen and oxygen atoms in total. The monoisotopic (exact) mass is 310 g/mol. The van der Waals surface area contributed by atoms with Crippen molar-refractivity contribution in [3.05, 3.63) is 11.8 Å². The molecule has 0 heterocycles. The van der Waals surface area contributed by atoms with Gasteiger partial charge in [-0.25, -0.2) is 0 Å². The van der Waals surface area contributed by atoms with Crippen LogP contribution in [0.3, 0.4) is 0 Å². The summed E-state index contributed by atoms with van der Waals surface area (Å²) in [5, 5.41) is 13.6. The second-order valence-corrected chi connectivity index (χ2v) is 8.00. The van der Waals surface area contributed by atoms with Crippen molar-refractivity contribution >= 4 is 11.9 Å². The standard InChI is InChI=1S/C17H30N2O3/c1-17(2)12-13(17)15(20)18-14(16(21)22)10-8-6-7-9-11-19(3,4)5/h10,13H,6-9,11-12H2,1-5H3,(H-,18,20,21,22)/b14-10-/t13-/m1/s1. The van der Waals surface area contributed by atoms with Gasteiger partial charge < -0.3 is 19.7 Å². The zero-order chi connectivity index (χ0) is 17.0. The molecule has 0 spiro atoms. The van der Waals surface area contributed by atoms with E-state index in [1.165, 1.54) is 0 Å². The minimum atomic E-state index is -1.31. The first-order valence-corrected chi connectivity index (χ1v) is 8.06. The highest BCUT2D eigenvalue weighted by Gasteiger charge is 2.50. The average Bonchev–Trinajstić information content (AvgIpc) is 2.99. The fourth-order valence-electron chi connectivity index (χ4n) is 2.47. The van der Waals surface area contributed by atoms with E-state index in [9.17, 15) is 14.7 Å². The zero-order valence-corrected chi connectivity index (χ0v) is 14.6. The third kappa shape index (κ3) is 6.60. The fourth-order valence-corrected chi connectivity index (χ4v) is 2.47. The normalized spacial score (nSPS) is 20.6. The van der Waals surface area contributed by atoms with E-state index in [1.54, 1.807) is 6.08 Å². The highest BCUT2D eigenvalue weighted by molar-refractivity contribution is 5.93. The Morgan fingerprint density at radius 3 is 2.27 bits per heavy atom. The van der Waals surface area contributed by atoms with E-state index in [0.29, 0.717) is 6.42 Å². The Labute approximate surface area is 134 Å². The van der Waals surface area contributed by atoms with Crippen LogP contribution in [0.4, 0.5) is 0 Å². The third-order valence-corrected chi connectivity index (χ3v) is 4.19. The van der Waals surface area contributed by atoms with E-state index in [2.05, 4.69) is 26.5 Å². The van der Waals surface area contributed by atoms with E-state index in [0.717, 1.165) is 36.7 Å². The summed E-state index contributed by atoms with van der Waals surface area (Å²) in [5.74, 6) is -1.59. The van der Waals surface area contributed by atoms with Crippen LogP contribution in [0, 0.1) is 11.3 Å². The van der Waals surface area contributed by atoms with E-state index in [4.69, 9.17) is 0 Å². The quantitative estimate of drug-likeness (QED) is 0.393. The molecule has 1 amide bonds. The zero-order valence-electron chi connectivity index (χ0n) is 14.6. The number of allylic oxidation sites excluding steroid dienone is 1. The van der Waals surface area contributed by atoms with Crippen LogP contribution < -0.4 is 10.4 Å². The van der Waals surface area contributed by atoms with Gasteiger partial charge in [0.25, 0.3) is 0 Å². The molecule has 1 rings (SSSR count). The molecule has 0 aliphatic heterocycles. The molecule has 0 saturated heterocycles. The molecule has 0 aromatic carbocycles. The van der Waals surface area contributed by atoms with Gasteiger partial charge in [-0.15, -0.1) is 0 Å². The number of unbranched alkanes of at least 4 members (excludes halogenated alkanes) is 3. The van der Waals surface area contributed by atoms with Gasteiger partial charge in [-0.05, 0) is 37.5 Å². The molecule has 1 atom stereocenters. The predicted molar refractivity (Wildman–Crippen MR) is 84.5 cm³/mol. The van der Waals surface area contributed by atoms with Crippen molar-refractivity contribution in [1.82, 2.24) is 5.32 Å². The molecular weight excluding hydrogens is 280 g/mol. The summed E-state index contributed by atoms with van der Waals surface area (Å²) in [7, 11) is 6.47. The lowest BCUT2D eigenvalue weighted by Crippen LogP contribution is -2.36. The van der Waals surface area contributed by atoms with E-state index in [1.807, 2.05) is 13.8 Å². The van der Waals surface area contributed by atoms with Gasteiger partial charge in [0.15, 0.2) is 0 Å². The summed E-state index contributed by atoms with van der Waals surface area (Å²) in [6, 6.07) is 0. The van der Waals surface area contributed by atoms with E-state index < -0.39 is 5.97 Å². The molecule has 1 saturated carbocycles. The maximum Gasteiger partial charge on any atom is 0.228 e. The summed E-state index contributed by atoms with van der Waals surface area (Å²) in [4.78, 5) is 23.0. The minimum Gasteiger partial charge on any atom is -0.543 e. The first-order chi connectivity index (χ1) is 10.0. The van der Waals surface area contributed by atoms with Crippen LogP contribution in [0.15, 0.2) is 11.8 Å². The summed E-state index contributed by atoms with van der Waals surface area (Å²) in [5.41, 5.74) is -0.0916. The van der Waals surface area contributed by atoms with Gasteiger partial charge in [-0.1, -0.05) is 19.9 Å². The van der Waals surface area contributed by atoms with Gasteiger partial charge in [0, 0.05) is 5.92 Å². The van der Waals surface area contributed by atoms with Gasteiger partial charge in [-0.2, -0.15) is 0 Å². The molecule has 1 N–H and O–H groups in total. The van der Waals surface area contributed by atoms with Gasteiger partial charge in [0.05, 0.1) is 39.4 Å². The Kier molecular flexibility index (Phi) is 6.17. The number of aliphatic carboxylic acids is 1. The molecule has 1 fully saturated rings.